The van der Waals surface area contributed by atoms with Gasteiger partial charge >= 0.3 is 0 Å². The Morgan fingerprint density at radius 2 is 2.35 bits per heavy atom. The fourth-order valence-electron chi connectivity index (χ4n) is 1.70. The number of carbonyl (C=O) groups excluding carboxylic acids is 2. The third-order valence-electron chi connectivity index (χ3n) is 2.64. The highest BCUT2D eigenvalue weighted by Gasteiger charge is 2.24. The van der Waals surface area contributed by atoms with E-state index in [0.29, 0.717) is 23.0 Å². The molecule has 0 aliphatic carbocycles. The maximum Gasteiger partial charge on any atom is 0.265 e. The summed E-state index contributed by atoms with van der Waals surface area (Å²) in [7, 11) is 0. The predicted octanol–water partition coefficient (Wildman–Crippen LogP) is 1.67. The third-order valence-corrected chi connectivity index (χ3v) is 4.33. The van der Waals surface area contributed by atoms with Gasteiger partial charge in [-0.05, 0) is 24.3 Å². The lowest BCUT2D eigenvalue weighted by atomic mass is 10.3. The van der Waals surface area contributed by atoms with E-state index in [4.69, 9.17) is 11.6 Å². The van der Waals surface area contributed by atoms with Crippen LogP contribution in [-0.4, -0.2) is 36.3 Å². The minimum absolute atomic E-state index is 0.111. The smallest absolute Gasteiger partial charge is 0.265 e. The Kier molecular flexibility index (Phi) is 3.69. The highest BCUT2D eigenvalue weighted by molar-refractivity contribution is 7.13. The summed E-state index contributed by atoms with van der Waals surface area (Å²) in [6.45, 7) is 3.20. The second-order valence-corrected chi connectivity index (χ2v) is 5.25. The fraction of sp³-hybridized carbons (Fsp3) is 0.455. The van der Waals surface area contributed by atoms with Gasteiger partial charge < -0.3 is 10.2 Å². The number of aryl methyl sites for hydroxylation is 1. The number of nitrogens with one attached hydrogen (secondary N) is 1. The topological polar surface area (TPSA) is 49.4 Å². The number of hydrogen-bond acceptors (Lipinski definition) is 3. The molecule has 0 unspecified atom stereocenters. The number of halogens is 1. The average molecular weight is 273 g/mol. The number of carbonyl (C=O) groups is 2. The van der Waals surface area contributed by atoms with Crippen molar-refractivity contribution in [2.45, 2.75) is 13.3 Å². The number of rotatable bonds is 1. The molecule has 1 aliphatic heterocycles. The van der Waals surface area contributed by atoms with Gasteiger partial charge in [-0.25, -0.2) is 0 Å². The van der Waals surface area contributed by atoms with Crippen molar-refractivity contribution in [3.05, 3.63) is 20.8 Å². The van der Waals surface area contributed by atoms with Gasteiger partial charge in [-0.1, -0.05) is 11.6 Å². The Bertz CT molecular complexity index is 458. The van der Waals surface area contributed by atoms with E-state index in [1.807, 2.05) is 12.3 Å². The molecule has 1 saturated heterocycles. The molecule has 2 amide bonds. The van der Waals surface area contributed by atoms with E-state index in [-0.39, 0.29) is 18.4 Å². The van der Waals surface area contributed by atoms with Crippen molar-refractivity contribution in [3.63, 3.8) is 0 Å². The van der Waals surface area contributed by atoms with E-state index in [9.17, 15) is 9.59 Å². The number of hydrogen-bond donors (Lipinski definition) is 1. The molecule has 92 valence electrons. The first-order valence-electron chi connectivity index (χ1n) is 5.39. The van der Waals surface area contributed by atoms with E-state index in [2.05, 4.69) is 5.32 Å². The lowest BCUT2D eigenvalue weighted by Gasteiger charge is -2.18. The van der Waals surface area contributed by atoms with Gasteiger partial charge in [0.15, 0.2) is 0 Å². The minimum atomic E-state index is -0.148. The number of thiophene rings is 1. The quantitative estimate of drug-likeness (QED) is 0.845. The average Bonchev–Trinajstić information content (AvgIpc) is 2.53. The standard InChI is InChI=1S/C11H13ClN2O2S/c1-7-6-17-10(9(7)12)11(16)14-4-2-3-13-8(15)5-14/h6H,2-5H2,1H3,(H,13,15). The molecule has 1 aromatic rings. The van der Waals surface area contributed by atoms with Crippen molar-refractivity contribution in [3.8, 4) is 0 Å². The van der Waals surface area contributed by atoms with Crippen LogP contribution < -0.4 is 5.32 Å². The maximum atomic E-state index is 12.2. The monoisotopic (exact) mass is 272 g/mol. The zero-order valence-corrected chi connectivity index (χ0v) is 11.0. The summed E-state index contributed by atoms with van der Waals surface area (Å²) in [5.41, 5.74) is 0.902. The molecular formula is C11H13ClN2O2S. The van der Waals surface area contributed by atoms with Crippen molar-refractivity contribution >= 4 is 34.8 Å². The summed E-state index contributed by atoms with van der Waals surface area (Å²) < 4.78 is 0. The summed E-state index contributed by atoms with van der Waals surface area (Å²) >= 11 is 7.39. The van der Waals surface area contributed by atoms with Gasteiger partial charge in [-0.3, -0.25) is 9.59 Å². The molecule has 1 aromatic heterocycles. The Hall–Kier alpha value is -1.07. The number of nitrogens with zero attached hydrogens (tertiary/aromatic N) is 1. The first kappa shape index (κ1) is 12.4. The van der Waals surface area contributed by atoms with Crippen LogP contribution in [0.5, 0.6) is 0 Å². The molecule has 6 heteroatoms. The molecule has 17 heavy (non-hydrogen) atoms. The van der Waals surface area contributed by atoms with Crippen LogP contribution in [-0.2, 0) is 4.79 Å². The van der Waals surface area contributed by atoms with Crippen LogP contribution in [0.4, 0.5) is 0 Å². The molecule has 0 spiro atoms. The summed E-state index contributed by atoms with van der Waals surface area (Å²) in [6.07, 6.45) is 0.777. The van der Waals surface area contributed by atoms with Crippen LogP contribution in [0.3, 0.4) is 0 Å². The van der Waals surface area contributed by atoms with Crippen molar-refractivity contribution in [2.75, 3.05) is 19.6 Å². The van der Waals surface area contributed by atoms with Gasteiger partial charge in [0.2, 0.25) is 5.91 Å². The molecule has 0 saturated carbocycles. The van der Waals surface area contributed by atoms with Crippen molar-refractivity contribution in [2.24, 2.45) is 0 Å². The van der Waals surface area contributed by atoms with Gasteiger partial charge in [-0.15, -0.1) is 11.3 Å². The van der Waals surface area contributed by atoms with Crippen LogP contribution in [0.1, 0.15) is 21.7 Å². The third kappa shape index (κ3) is 2.61. The Morgan fingerprint density at radius 1 is 1.59 bits per heavy atom. The molecule has 0 radical (unpaired) electrons. The van der Waals surface area contributed by atoms with E-state index in [1.54, 1.807) is 4.90 Å². The van der Waals surface area contributed by atoms with Crippen LogP contribution >= 0.6 is 22.9 Å². The predicted molar refractivity (Wildman–Crippen MR) is 67.6 cm³/mol. The minimum Gasteiger partial charge on any atom is -0.354 e. The highest BCUT2D eigenvalue weighted by atomic mass is 35.5. The Balaban J connectivity index is 2.19. The van der Waals surface area contributed by atoms with Crippen LogP contribution in [0, 0.1) is 6.92 Å². The van der Waals surface area contributed by atoms with Crippen LogP contribution in [0.2, 0.25) is 5.02 Å². The van der Waals surface area contributed by atoms with Crippen molar-refractivity contribution in [1.29, 1.82) is 0 Å². The molecule has 4 nitrogen and oxygen atoms in total. The molecule has 0 atom stereocenters. The molecular weight excluding hydrogens is 260 g/mol. The molecule has 0 aromatic carbocycles. The van der Waals surface area contributed by atoms with Crippen LogP contribution in [0.25, 0.3) is 0 Å². The second-order valence-electron chi connectivity index (χ2n) is 3.99. The molecule has 1 aliphatic rings. The SMILES string of the molecule is Cc1csc(C(=O)N2CCCNC(=O)C2)c1Cl. The van der Waals surface area contributed by atoms with E-state index in [1.165, 1.54) is 11.3 Å². The first-order chi connectivity index (χ1) is 8.09. The lowest BCUT2D eigenvalue weighted by molar-refractivity contribution is -0.121. The normalized spacial score (nSPS) is 16.6. The fourth-order valence-corrected chi connectivity index (χ4v) is 2.94. The maximum absolute atomic E-state index is 12.2. The molecule has 1 N–H and O–H groups in total. The van der Waals surface area contributed by atoms with Crippen molar-refractivity contribution < 1.29 is 9.59 Å². The largest absolute Gasteiger partial charge is 0.354 e. The zero-order chi connectivity index (χ0) is 12.4. The van der Waals surface area contributed by atoms with E-state index in [0.717, 1.165) is 12.0 Å². The zero-order valence-electron chi connectivity index (χ0n) is 9.46. The number of amides is 2. The van der Waals surface area contributed by atoms with Gasteiger partial charge in [0.05, 0.1) is 11.6 Å². The molecule has 2 heterocycles. The summed E-state index contributed by atoms with van der Waals surface area (Å²) in [4.78, 5) is 25.7. The van der Waals surface area contributed by atoms with Gasteiger partial charge in [0.25, 0.3) is 5.91 Å². The van der Waals surface area contributed by atoms with Crippen LogP contribution in [0.15, 0.2) is 5.38 Å². The summed E-state index contributed by atoms with van der Waals surface area (Å²) in [5.74, 6) is -0.259. The summed E-state index contributed by atoms with van der Waals surface area (Å²) in [5, 5.41) is 5.10. The van der Waals surface area contributed by atoms with Gasteiger partial charge in [0, 0.05) is 13.1 Å². The first-order valence-corrected chi connectivity index (χ1v) is 6.65. The molecule has 0 bridgehead atoms. The van der Waals surface area contributed by atoms with Gasteiger partial charge in [-0.2, -0.15) is 0 Å². The van der Waals surface area contributed by atoms with E-state index >= 15 is 0 Å². The Morgan fingerprint density at radius 3 is 3.00 bits per heavy atom. The Labute approximate surface area is 109 Å². The summed E-state index contributed by atoms with van der Waals surface area (Å²) in [6, 6.07) is 0. The van der Waals surface area contributed by atoms with E-state index < -0.39 is 0 Å². The molecule has 1 fully saturated rings. The second kappa shape index (κ2) is 5.06. The van der Waals surface area contributed by atoms with Crippen molar-refractivity contribution in [1.82, 2.24) is 10.2 Å². The van der Waals surface area contributed by atoms with Gasteiger partial charge in [0.1, 0.15) is 4.88 Å². The lowest BCUT2D eigenvalue weighted by Crippen LogP contribution is -2.37. The molecule has 2 rings (SSSR count). The highest BCUT2D eigenvalue weighted by Crippen LogP contribution is 2.28.